The Morgan fingerprint density at radius 2 is 2.00 bits per heavy atom. The molecule has 0 atom stereocenters. The van der Waals surface area contributed by atoms with Crippen molar-refractivity contribution in [2.24, 2.45) is 0 Å². The second kappa shape index (κ2) is 5.80. The fourth-order valence-corrected chi connectivity index (χ4v) is 0.913. The van der Waals surface area contributed by atoms with Crippen molar-refractivity contribution in [1.82, 2.24) is 0 Å². The molecule has 0 aromatic carbocycles. The molecule has 1 aromatic rings. The van der Waals surface area contributed by atoms with E-state index in [-0.39, 0.29) is 6.61 Å². The van der Waals surface area contributed by atoms with Gasteiger partial charge in [-0.25, -0.2) is 4.79 Å². The summed E-state index contributed by atoms with van der Waals surface area (Å²) in [4.78, 5) is 16.4. The molecule has 0 saturated heterocycles. The molecule has 0 saturated carbocycles. The van der Waals surface area contributed by atoms with E-state index in [0.29, 0.717) is 12.2 Å². The topological polar surface area (TPSA) is 39.4 Å². The molecule has 0 aliphatic heterocycles. The van der Waals surface area contributed by atoms with Crippen LogP contribution in [-0.2, 0) is 9.53 Å². The van der Waals surface area contributed by atoms with Gasteiger partial charge < -0.3 is 4.74 Å². The maximum Gasteiger partial charge on any atom is 0.337 e. The minimum absolute atomic E-state index is 0.119. The van der Waals surface area contributed by atoms with Gasteiger partial charge in [-0.3, -0.25) is 4.84 Å². The average molecular weight is 208 g/mol. The Morgan fingerprint density at radius 3 is 2.60 bits per heavy atom. The molecule has 0 spiro atoms. The second-order valence-corrected chi connectivity index (χ2v) is 2.83. The Labute approximate surface area is 88.7 Å². The van der Waals surface area contributed by atoms with Gasteiger partial charge in [0.25, 0.3) is 0 Å². The molecule has 0 bridgehead atoms. The first-order valence-electron chi connectivity index (χ1n) is 4.68. The van der Waals surface area contributed by atoms with E-state index in [4.69, 9.17) is 9.57 Å². The van der Waals surface area contributed by atoms with Gasteiger partial charge in [0.15, 0.2) is 6.61 Å². The SMILES string of the molecule is C=C(CO[n+]1ccccc1)C(=O)OCC. The van der Waals surface area contributed by atoms with E-state index in [9.17, 15) is 4.79 Å². The summed E-state index contributed by atoms with van der Waals surface area (Å²) in [6.07, 6.45) is 3.47. The summed E-state index contributed by atoms with van der Waals surface area (Å²) >= 11 is 0. The first-order valence-corrected chi connectivity index (χ1v) is 4.68. The van der Waals surface area contributed by atoms with E-state index >= 15 is 0 Å². The van der Waals surface area contributed by atoms with Gasteiger partial charge in [0.2, 0.25) is 12.4 Å². The molecular formula is C11H14NO3+. The molecule has 80 valence electrons. The van der Waals surface area contributed by atoms with Crippen LogP contribution in [-0.4, -0.2) is 19.2 Å². The van der Waals surface area contributed by atoms with E-state index in [1.807, 2.05) is 18.2 Å². The molecule has 0 N–H and O–H groups in total. The molecule has 4 heteroatoms. The molecule has 4 nitrogen and oxygen atoms in total. The number of pyridine rings is 1. The lowest BCUT2D eigenvalue weighted by Gasteiger charge is -2.02. The highest BCUT2D eigenvalue weighted by Crippen LogP contribution is 1.92. The van der Waals surface area contributed by atoms with Crippen LogP contribution in [0.5, 0.6) is 0 Å². The van der Waals surface area contributed by atoms with Gasteiger partial charge in [-0.15, -0.1) is 0 Å². The predicted molar refractivity (Wildman–Crippen MR) is 53.9 cm³/mol. The summed E-state index contributed by atoms with van der Waals surface area (Å²) in [6.45, 7) is 5.79. The Morgan fingerprint density at radius 1 is 1.33 bits per heavy atom. The van der Waals surface area contributed by atoms with Gasteiger partial charge in [-0.2, -0.15) is 0 Å². The van der Waals surface area contributed by atoms with Crippen molar-refractivity contribution in [1.29, 1.82) is 0 Å². The zero-order valence-electron chi connectivity index (χ0n) is 8.68. The number of nitrogens with zero attached hydrogens (tertiary/aromatic N) is 1. The van der Waals surface area contributed by atoms with Gasteiger partial charge in [0.05, 0.1) is 12.2 Å². The van der Waals surface area contributed by atoms with Crippen LogP contribution < -0.4 is 9.57 Å². The lowest BCUT2D eigenvalue weighted by atomic mass is 10.3. The minimum atomic E-state index is -0.422. The van der Waals surface area contributed by atoms with Crippen LogP contribution in [0.2, 0.25) is 0 Å². The van der Waals surface area contributed by atoms with Crippen molar-refractivity contribution < 1.29 is 19.1 Å². The summed E-state index contributed by atoms with van der Waals surface area (Å²) < 4.78 is 6.27. The first kappa shape index (κ1) is 11.2. The molecule has 0 unspecified atom stereocenters. The monoisotopic (exact) mass is 208 g/mol. The van der Waals surface area contributed by atoms with Crippen LogP contribution in [0.15, 0.2) is 42.7 Å². The van der Waals surface area contributed by atoms with Gasteiger partial charge in [0, 0.05) is 16.9 Å². The zero-order chi connectivity index (χ0) is 11.1. The van der Waals surface area contributed by atoms with E-state index in [1.54, 1.807) is 19.3 Å². The second-order valence-electron chi connectivity index (χ2n) is 2.83. The molecule has 0 aliphatic carbocycles. The fourth-order valence-electron chi connectivity index (χ4n) is 0.913. The highest BCUT2D eigenvalue weighted by atomic mass is 16.7. The van der Waals surface area contributed by atoms with Crippen molar-refractivity contribution in [2.45, 2.75) is 6.92 Å². The molecule has 1 aromatic heterocycles. The van der Waals surface area contributed by atoms with Gasteiger partial charge in [0.1, 0.15) is 0 Å². The number of ether oxygens (including phenoxy) is 1. The van der Waals surface area contributed by atoms with E-state index < -0.39 is 5.97 Å². The summed E-state index contributed by atoms with van der Waals surface area (Å²) in [5, 5.41) is 0. The summed E-state index contributed by atoms with van der Waals surface area (Å²) in [6, 6.07) is 5.53. The van der Waals surface area contributed by atoms with Crippen LogP contribution in [0.25, 0.3) is 0 Å². The molecule has 0 radical (unpaired) electrons. The summed E-state index contributed by atoms with van der Waals surface area (Å²) in [5.41, 5.74) is 0.299. The molecule has 0 aliphatic rings. The molecular weight excluding hydrogens is 194 g/mol. The third-order valence-corrected chi connectivity index (χ3v) is 1.64. The highest BCUT2D eigenvalue weighted by Gasteiger charge is 2.10. The van der Waals surface area contributed by atoms with Gasteiger partial charge in [-0.1, -0.05) is 12.6 Å². The minimum Gasteiger partial charge on any atom is -0.463 e. The normalized spacial score (nSPS) is 9.40. The number of hydrogen-bond donors (Lipinski definition) is 0. The van der Waals surface area contributed by atoms with E-state index in [1.165, 1.54) is 4.73 Å². The van der Waals surface area contributed by atoms with Gasteiger partial charge in [-0.05, 0) is 6.92 Å². The maximum absolute atomic E-state index is 11.2. The quantitative estimate of drug-likeness (QED) is 0.402. The number of carbonyl (C=O) groups is 1. The Balaban J connectivity index is 2.38. The van der Waals surface area contributed by atoms with Gasteiger partial charge >= 0.3 is 5.97 Å². The largest absolute Gasteiger partial charge is 0.463 e. The van der Waals surface area contributed by atoms with Crippen LogP contribution in [0.3, 0.4) is 0 Å². The van der Waals surface area contributed by atoms with Crippen LogP contribution >= 0.6 is 0 Å². The molecule has 0 amide bonds. The standard InChI is InChI=1S/C11H14NO3/c1-3-14-11(13)10(2)9-15-12-7-5-4-6-8-12/h4-8H,2-3,9H2,1H3/q+1. The lowest BCUT2D eigenvalue weighted by molar-refractivity contribution is -0.890. The van der Waals surface area contributed by atoms with Crippen LogP contribution in [0.1, 0.15) is 6.92 Å². The first-order chi connectivity index (χ1) is 7.24. The van der Waals surface area contributed by atoms with Crippen molar-refractivity contribution in [3.63, 3.8) is 0 Å². The molecule has 1 heterocycles. The van der Waals surface area contributed by atoms with Crippen LogP contribution in [0.4, 0.5) is 0 Å². The fraction of sp³-hybridized carbons (Fsp3) is 0.273. The third kappa shape index (κ3) is 3.81. The summed E-state index contributed by atoms with van der Waals surface area (Å²) in [7, 11) is 0. The number of hydrogen-bond acceptors (Lipinski definition) is 3. The Hall–Kier alpha value is -1.84. The molecule has 1 rings (SSSR count). The zero-order valence-corrected chi connectivity index (χ0v) is 8.68. The number of aromatic nitrogens is 1. The lowest BCUT2D eigenvalue weighted by Crippen LogP contribution is -2.43. The Bertz CT molecular complexity index is 335. The molecule has 15 heavy (non-hydrogen) atoms. The predicted octanol–water partition coefficient (Wildman–Crippen LogP) is 0.522. The maximum atomic E-state index is 11.2. The highest BCUT2D eigenvalue weighted by molar-refractivity contribution is 5.87. The number of esters is 1. The van der Waals surface area contributed by atoms with Crippen molar-refractivity contribution in [3.05, 3.63) is 42.7 Å². The average Bonchev–Trinajstić information content (AvgIpc) is 2.27. The third-order valence-electron chi connectivity index (χ3n) is 1.64. The van der Waals surface area contributed by atoms with Crippen molar-refractivity contribution in [2.75, 3.05) is 13.2 Å². The van der Waals surface area contributed by atoms with E-state index in [0.717, 1.165) is 0 Å². The van der Waals surface area contributed by atoms with Crippen LogP contribution in [0, 0.1) is 0 Å². The Kier molecular flexibility index (Phi) is 4.34. The number of carbonyl (C=O) groups excluding carboxylic acids is 1. The van der Waals surface area contributed by atoms with Crippen molar-refractivity contribution >= 4 is 5.97 Å². The van der Waals surface area contributed by atoms with Crippen molar-refractivity contribution in [3.8, 4) is 0 Å². The van der Waals surface area contributed by atoms with E-state index in [2.05, 4.69) is 6.58 Å². The smallest absolute Gasteiger partial charge is 0.337 e. The molecule has 0 fully saturated rings. The summed E-state index contributed by atoms with van der Waals surface area (Å²) in [5.74, 6) is -0.422. The number of rotatable bonds is 5.